The monoisotopic (exact) mass is 225 g/mol. The first-order valence-electron chi connectivity index (χ1n) is 6.37. The van der Waals surface area contributed by atoms with Crippen LogP contribution in [0.2, 0.25) is 0 Å². The van der Waals surface area contributed by atoms with Crippen LogP contribution in [0.1, 0.15) is 25.7 Å². The van der Waals surface area contributed by atoms with E-state index in [0.717, 1.165) is 32.5 Å². The molecule has 0 aromatic rings. The predicted octanol–water partition coefficient (Wildman–Crippen LogP) is 0.291. The second-order valence-corrected chi connectivity index (χ2v) is 5.18. The average Bonchev–Trinajstić information content (AvgIpc) is 2.88. The van der Waals surface area contributed by atoms with Crippen LogP contribution in [0.3, 0.4) is 0 Å². The Balaban J connectivity index is 1.89. The third-order valence-electron chi connectivity index (χ3n) is 3.71. The van der Waals surface area contributed by atoms with Crippen LogP contribution < -0.4 is 5.32 Å². The number of likely N-dealkylation sites (N-methyl/N-ethyl adjacent to an activating group) is 1. The third kappa shape index (κ3) is 2.55. The Bertz CT molecular complexity index is 249. The van der Waals surface area contributed by atoms with Gasteiger partial charge in [-0.3, -0.25) is 9.69 Å². The van der Waals surface area contributed by atoms with Crippen molar-refractivity contribution in [1.29, 1.82) is 0 Å². The molecule has 1 amide bonds. The van der Waals surface area contributed by atoms with Gasteiger partial charge >= 0.3 is 0 Å². The molecule has 2 fully saturated rings. The first kappa shape index (κ1) is 11.9. The fraction of sp³-hybridized carbons (Fsp3) is 0.917. The standard InChI is InChI=1S/C12H23N3O/c1-14(2)12(16)11-6-4-8-15(11)9-10-5-3-7-13-10/h10-11,13H,3-9H2,1-2H3. The van der Waals surface area contributed by atoms with Crippen molar-refractivity contribution in [3.63, 3.8) is 0 Å². The molecule has 2 saturated heterocycles. The van der Waals surface area contributed by atoms with Crippen LogP contribution in [-0.4, -0.2) is 61.5 Å². The van der Waals surface area contributed by atoms with Gasteiger partial charge in [-0.05, 0) is 38.8 Å². The van der Waals surface area contributed by atoms with E-state index < -0.39 is 0 Å². The van der Waals surface area contributed by atoms with Crippen LogP contribution in [-0.2, 0) is 4.79 Å². The van der Waals surface area contributed by atoms with Crippen LogP contribution in [0.5, 0.6) is 0 Å². The first-order chi connectivity index (χ1) is 7.68. The SMILES string of the molecule is CN(C)C(=O)C1CCCN1CC1CCCN1. The van der Waals surface area contributed by atoms with Crippen molar-refractivity contribution >= 4 is 5.91 Å². The van der Waals surface area contributed by atoms with Gasteiger partial charge in [-0.15, -0.1) is 0 Å². The van der Waals surface area contributed by atoms with Crippen LogP contribution in [0.15, 0.2) is 0 Å². The lowest BCUT2D eigenvalue weighted by Gasteiger charge is -2.28. The zero-order valence-corrected chi connectivity index (χ0v) is 10.4. The molecule has 0 aromatic carbocycles. The van der Waals surface area contributed by atoms with E-state index in [-0.39, 0.29) is 11.9 Å². The van der Waals surface area contributed by atoms with E-state index in [1.54, 1.807) is 4.90 Å². The lowest BCUT2D eigenvalue weighted by atomic mass is 10.1. The average molecular weight is 225 g/mol. The van der Waals surface area contributed by atoms with E-state index in [9.17, 15) is 4.79 Å². The van der Waals surface area contributed by atoms with Crippen molar-refractivity contribution < 1.29 is 4.79 Å². The first-order valence-corrected chi connectivity index (χ1v) is 6.37. The van der Waals surface area contributed by atoms with Gasteiger partial charge in [0, 0.05) is 26.7 Å². The van der Waals surface area contributed by atoms with Gasteiger partial charge in [-0.2, -0.15) is 0 Å². The van der Waals surface area contributed by atoms with E-state index in [2.05, 4.69) is 10.2 Å². The molecular weight excluding hydrogens is 202 g/mol. The van der Waals surface area contributed by atoms with Crippen molar-refractivity contribution in [2.24, 2.45) is 0 Å². The molecule has 2 aliphatic rings. The van der Waals surface area contributed by atoms with Crippen molar-refractivity contribution in [2.45, 2.75) is 37.8 Å². The van der Waals surface area contributed by atoms with Gasteiger partial charge in [-0.1, -0.05) is 0 Å². The van der Waals surface area contributed by atoms with Gasteiger partial charge in [0.15, 0.2) is 0 Å². The molecule has 2 atom stereocenters. The predicted molar refractivity (Wildman–Crippen MR) is 64.3 cm³/mol. The summed E-state index contributed by atoms with van der Waals surface area (Å²) in [7, 11) is 3.71. The summed E-state index contributed by atoms with van der Waals surface area (Å²) < 4.78 is 0. The molecule has 0 bridgehead atoms. The van der Waals surface area contributed by atoms with Gasteiger partial charge in [0.05, 0.1) is 6.04 Å². The summed E-state index contributed by atoms with van der Waals surface area (Å²) in [5, 5.41) is 3.51. The summed E-state index contributed by atoms with van der Waals surface area (Å²) in [5.74, 6) is 0.274. The lowest BCUT2D eigenvalue weighted by molar-refractivity contribution is -0.133. The topological polar surface area (TPSA) is 35.6 Å². The second-order valence-electron chi connectivity index (χ2n) is 5.18. The lowest BCUT2D eigenvalue weighted by Crippen LogP contribution is -2.46. The van der Waals surface area contributed by atoms with Crippen molar-refractivity contribution in [3.8, 4) is 0 Å². The molecule has 0 spiro atoms. The molecule has 2 heterocycles. The Hall–Kier alpha value is -0.610. The molecule has 1 N–H and O–H groups in total. The minimum atomic E-state index is 0.136. The summed E-state index contributed by atoms with van der Waals surface area (Å²) >= 11 is 0. The van der Waals surface area contributed by atoms with Gasteiger partial charge in [0.25, 0.3) is 0 Å². The normalized spacial score (nSPS) is 30.9. The quantitative estimate of drug-likeness (QED) is 0.750. The number of rotatable bonds is 3. The summed E-state index contributed by atoms with van der Waals surface area (Å²) in [4.78, 5) is 16.1. The smallest absolute Gasteiger partial charge is 0.239 e. The van der Waals surface area contributed by atoms with Crippen LogP contribution in [0.4, 0.5) is 0 Å². The molecule has 2 aliphatic heterocycles. The number of hydrogen-bond acceptors (Lipinski definition) is 3. The molecule has 92 valence electrons. The third-order valence-corrected chi connectivity index (χ3v) is 3.71. The second kappa shape index (κ2) is 5.15. The maximum atomic E-state index is 12.0. The summed E-state index contributed by atoms with van der Waals surface area (Å²) in [5.41, 5.74) is 0. The Morgan fingerprint density at radius 1 is 1.38 bits per heavy atom. The van der Waals surface area contributed by atoms with Crippen LogP contribution in [0, 0.1) is 0 Å². The summed E-state index contributed by atoms with van der Waals surface area (Å²) in [6.45, 7) is 3.28. The van der Waals surface area contributed by atoms with Gasteiger partial charge in [0.1, 0.15) is 0 Å². The molecule has 4 nitrogen and oxygen atoms in total. The summed E-state index contributed by atoms with van der Waals surface area (Å²) in [6.07, 6.45) is 4.74. The molecule has 4 heteroatoms. The Morgan fingerprint density at radius 3 is 2.81 bits per heavy atom. The maximum absolute atomic E-state index is 12.0. The van der Waals surface area contributed by atoms with E-state index >= 15 is 0 Å². The molecule has 2 rings (SSSR count). The van der Waals surface area contributed by atoms with E-state index in [1.165, 1.54) is 12.8 Å². The van der Waals surface area contributed by atoms with Gasteiger partial charge in [0.2, 0.25) is 5.91 Å². The van der Waals surface area contributed by atoms with Crippen molar-refractivity contribution in [1.82, 2.24) is 15.1 Å². The van der Waals surface area contributed by atoms with Crippen LogP contribution in [0.25, 0.3) is 0 Å². The molecule has 2 unspecified atom stereocenters. The summed E-state index contributed by atoms with van der Waals surface area (Å²) in [6, 6.07) is 0.743. The number of nitrogens with zero attached hydrogens (tertiary/aromatic N) is 2. The maximum Gasteiger partial charge on any atom is 0.239 e. The molecular formula is C12H23N3O. The minimum Gasteiger partial charge on any atom is -0.347 e. The zero-order valence-electron chi connectivity index (χ0n) is 10.4. The fourth-order valence-electron chi connectivity index (χ4n) is 2.82. The molecule has 0 radical (unpaired) electrons. The Morgan fingerprint density at radius 2 is 2.19 bits per heavy atom. The van der Waals surface area contributed by atoms with E-state index in [0.29, 0.717) is 6.04 Å². The highest BCUT2D eigenvalue weighted by Gasteiger charge is 2.33. The molecule has 0 aliphatic carbocycles. The molecule has 0 aromatic heterocycles. The van der Waals surface area contributed by atoms with E-state index in [4.69, 9.17) is 0 Å². The highest BCUT2D eigenvalue weighted by molar-refractivity contribution is 5.81. The molecule has 0 saturated carbocycles. The Labute approximate surface area is 98.0 Å². The number of likely N-dealkylation sites (tertiary alicyclic amines) is 1. The number of amides is 1. The number of nitrogens with one attached hydrogen (secondary N) is 1. The largest absolute Gasteiger partial charge is 0.347 e. The number of hydrogen-bond donors (Lipinski definition) is 1. The highest BCUT2D eigenvalue weighted by atomic mass is 16.2. The molecule has 16 heavy (non-hydrogen) atoms. The number of carbonyl (C=O) groups excluding carboxylic acids is 1. The zero-order chi connectivity index (χ0) is 11.5. The fourth-order valence-corrected chi connectivity index (χ4v) is 2.82. The number of carbonyl (C=O) groups is 1. The van der Waals surface area contributed by atoms with Crippen molar-refractivity contribution in [2.75, 3.05) is 33.7 Å². The van der Waals surface area contributed by atoms with E-state index in [1.807, 2.05) is 14.1 Å². The van der Waals surface area contributed by atoms with Gasteiger partial charge < -0.3 is 10.2 Å². The van der Waals surface area contributed by atoms with Gasteiger partial charge in [-0.25, -0.2) is 0 Å². The van der Waals surface area contributed by atoms with Crippen LogP contribution >= 0.6 is 0 Å². The Kier molecular flexibility index (Phi) is 3.82. The highest BCUT2D eigenvalue weighted by Crippen LogP contribution is 2.20. The van der Waals surface area contributed by atoms with Crippen molar-refractivity contribution in [3.05, 3.63) is 0 Å². The minimum absolute atomic E-state index is 0.136.